The molecule has 29 heavy (non-hydrogen) atoms. The van der Waals surface area contributed by atoms with Gasteiger partial charge in [0.2, 0.25) is 5.91 Å². The van der Waals surface area contributed by atoms with Gasteiger partial charge in [-0.1, -0.05) is 12.8 Å². The normalized spacial score (nSPS) is 29.7. The van der Waals surface area contributed by atoms with Gasteiger partial charge in [0.1, 0.15) is 13.2 Å². The first-order valence-electron chi connectivity index (χ1n) is 11.0. The molecule has 1 N–H and O–H groups in total. The number of aliphatic carboxylic acids is 1. The van der Waals surface area contributed by atoms with Gasteiger partial charge in [-0.05, 0) is 62.3 Å². The van der Waals surface area contributed by atoms with E-state index < -0.39 is 5.97 Å². The summed E-state index contributed by atoms with van der Waals surface area (Å²) in [7, 11) is 0. The summed E-state index contributed by atoms with van der Waals surface area (Å²) in [5.74, 6) is 0.413. The molecule has 0 saturated heterocycles. The zero-order valence-corrected chi connectivity index (χ0v) is 17.0. The molecule has 1 amide bonds. The molecule has 156 valence electrons. The van der Waals surface area contributed by atoms with Gasteiger partial charge in [0.05, 0.1) is 12.0 Å². The van der Waals surface area contributed by atoms with Crippen molar-refractivity contribution in [1.29, 1.82) is 0 Å². The monoisotopic (exact) mass is 399 g/mol. The summed E-state index contributed by atoms with van der Waals surface area (Å²) in [5.41, 5.74) is 2.48. The second-order valence-corrected chi connectivity index (χ2v) is 9.26. The summed E-state index contributed by atoms with van der Waals surface area (Å²) in [6.07, 6.45) is 6.27. The molecule has 6 heteroatoms. The molecule has 0 radical (unpaired) electrons. The van der Waals surface area contributed by atoms with E-state index in [1.54, 1.807) is 0 Å². The maximum absolute atomic E-state index is 13.5. The van der Waals surface area contributed by atoms with Crippen LogP contribution < -0.4 is 9.47 Å². The first-order valence-corrected chi connectivity index (χ1v) is 11.0. The van der Waals surface area contributed by atoms with Crippen molar-refractivity contribution in [3.05, 3.63) is 23.3 Å². The molecule has 3 atom stereocenters. The second kappa shape index (κ2) is 6.92. The van der Waals surface area contributed by atoms with Crippen LogP contribution in [0.1, 0.15) is 69.0 Å². The first-order chi connectivity index (χ1) is 14.0. The highest BCUT2D eigenvalue weighted by molar-refractivity contribution is 5.82. The Bertz CT molecular complexity index is 844. The fourth-order valence-electron chi connectivity index (χ4n) is 6.04. The van der Waals surface area contributed by atoms with Gasteiger partial charge >= 0.3 is 5.97 Å². The Balaban J connectivity index is 1.50. The fourth-order valence-corrected chi connectivity index (χ4v) is 6.04. The molecule has 5 rings (SSSR count). The molecule has 1 unspecified atom stereocenters. The van der Waals surface area contributed by atoms with E-state index in [9.17, 15) is 14.7 Å². The molecule has 2 heterocycles. The Morgan fingerprint density at radius 1 is 1.07 bits per heavy atom. The van der Waals surface area contributed by atoms with Crippen LogP contribution in [0, 0.1) is 11.8 Å². The number of carbonyl (C=O) groups excluding carboxylic acids is 1. The maximum atomic E-state index is 13.5. The van der Waals surface area contributed by atoms with Crippen LogP contribution in [0.5, 0.6) is 11.5 Å². The predicted octanol–water partition coefficient (Wildman–Crippen LogP) is 3.67. The Hall–Kier alpha value is -2.24. The van der Waals surface area contributed by atoms with Crippen molar-refractivity contribution in [2.45, 2.75) is 63.3 Å². The molecular weight excluding hydrogens is 370 g/mol. The number of amides is 1. The molecular formula is C23H29NO5. The third kappa shape index (κ3) is 2.99. The highest BCUT2D eigenvalue weighted by Crippen LogP contribution is 2.52. The van der Waals surface area contributed by atoms with Gasteiger partial charge in [0.25, 0.3) is 0 Å². The van der Waals surface area contributed by atoms with Gasteiger partial charge < -0.3 is 19.5 Å². The molecule has 2 aliphatic carbocycles. The molecule has 1 spiro atoms. The van der Waals surface area contributed by atoms with Gasteiger partial charge in [-0.25, -0.2) is 0 Å². The molecule has 2 fully saturated rings. The van der Waals surface area contributed by atoms with E-state index in [0.717, 1.165) is 30.9 Å². The van der Waals surface area contributed by atoms with Gasteiger partial charge in [0.15, 0.2) is 11.5 Å². The number of carboxylic acids is 1. The number of ether oxygens (including phenoxy) is 2. The quantitative estimate of drug-likeness (QED) is 0.821. The molecule has 4 aliphatic rings. The largest absolute Gasteiger partial charge is 0.486 e. The van der Waals surface area contributed by atoms with Crippen LogP contribution in [0.2, 0.25) is 0 Å². The van der Waals surface area contributed by atoms with E-state index in [-0.39, 0.29) is 29.2 Å². The van der Waals surface area contributed by atoms with Crippen LogP contribution in [0.3, 0.4) is 0 Å². The second-order valence-electron chi connectivity index (χ2n) is 9.26. The minimum absolute atomic E-state index is 0.0157. The number of nitrogens with zero attached hydrogens (tertiary/aromatic N) is 1. The van der Waals surface area contributed by atoms with Crippen LogP contribution in [0.15, 0.2) is 12.1 Å². The number of hydrogen-bond acceptors (Lipinski definition) is 4. The highest BCUT2D eigenvalue weighted by Gasteiger charge is 2.48. The number of rotatable bonds is 2. The van der Waals surface area contributed by atoms with Crippen molar-refractivity contribution in [1.82, 2.24) is 4.90 Å². The van der Waals surface area contributed by atoms with Crippen LogP contribution in [0.4, 0.5) is 0 Å². The number of fused-ring (bicyclic) bond motifs is 3. The lowest BCUT2D eigenvalue weighted by Gasteiger charge is -2.47. The summed E-state index contributed by atoms with van der Waals surface area (Å²) in [6, 6.07) is 4.22. The topological polar surface area (TPSA) is 76.1 Å². The van der Waals surface area contributed by atoms with Crippen LogP contribution >= 0.6 is 0 Å². The van der Waals surface area contributed by atoms with Gasteiger partial charge in [-0.2, -0.15) is 0 Å². The molecule has 0 bridgehead atoms. The lowest BCUT2D eigenvalue weighted by Crippen LogP contribution is -2.50. The lowest BCUT2D eigenvalue weighted by molar-refractivity contribution is -0.142. The third-order valence-corrected chi connectivity index (χ3v) is 7.65. The van der Waals surface area contributed by atoms with E-state index in [4.69, 9.17) is 9.47 Å². The van der Waals surface area contributed by atoms with E-state index in [1.165, 1.54) is 24.0 Å². The van der Waals surface area contributed by atoms with E-state index in [1.807, 2.05) is 4.90 Å². The van der Waals surface area contributed by atoms with Crippen LogP contribution in [-0.4, -0.2) is 41.6 Å². The third-order valence-electron chi connectivity index (χ3n) is 7.65. The first kappa shape index (κ1) is 18.8. The van der Waals surface area contributed by atoms with E-state index in [0.29, 0.717) is 32.5 Å². The van der Waals surface area contributed by atoms with Gasteiger partial charge in [-0.3, -0.25) is 9.59 Å². The standard InChI is InChI=1S/C23H29NO5/c1-14-17-11-19-20(29-9-8-28-19)12-18(17)23(6-2-3-7-23)13-24(14)21(25)15-4-5-16(10-15)22(26)27/h11-12,14-16H,2-10,13H2,1H3,(H,26,27)/t14?,15-,16+/m1/s1. The van der Waals surface area contributed by atoms with E-state index in [2.05, 4.69) is 19.1 Å². The number of carboxylic acid groups (broad SMARTS) is 1. The minimum Gasteiger partial charge on any atom is -0.486 e. The smallest absolute Gasteiger partial charge is 0.306 e. The average Bonchev–Trinajstić information content (AvgIpc) is 3.40. The SMILES string of the molecule is CC1c2cc3c(cc2C2(CCCC2)CN1C(=O)[C@@H]1CC[C@H](C(=O)O)C1)OCCO3. The Morgan fingerprint density at radius 2 is 1.72 bits per heavy atom. The molecule has 2 saturated carbocycles. The fraction of sp³-hybridized carbons (Fsp3) is 0.652. The Kier molecular flexibility index (Phi) is 4.48. The van der Waals surface area contributed by atoms with Crippen molar-refractivity contribution >= 4 is 11.9 Å². The minimum atomic E-state index is -0.770. The zero-order chi connectivity index (χ0) is 20.2. The van der Waals surface area contributed by atoms with Gasteiger partial charge in [-0.15, -0.1) is 0 Å². The van der Waals surface area contributed by atoms with Crippen LogP contribution in [0.25, 0.3) is 0 Å². The van der Waals surface area contributed by atoms with Crippen molar-refractivity contribution < 1.29 is 24.2 Å². The summed E-state index contributed by atoms with van der Waals surface area (Å²) >= 11 is 0. The molecule has 6 nitrogen and oxygen atoms in total. The average molecular weight is 399 g/mol. The number of benzene rings is 1. The molecule has 1 aromatic rings. The van der Waals surface area contributed by atoms with Crippen molar-refractivity contribution in [2.75, 3.05) is 19.8 Å². The Labute approximate surface area is 171 Å². The highest BCUT2D eigenvalue weighted by atomic mass is 16.6. The summed E-state index contributed by atoms with van der Waals surface area (Å²) in [6.45, 7) is 3.95. The van der Waals surface area contributed by atoms with Crippen LogP contribution in [-0.2, 0) is 15.0 Å². The van der Waals surface area contributed by atoms with E-state index >= 15 is 0 Å². The number of hydrogen-bond donors (Lipinski definition) is 1. The van der Waals surface area contributed by atoms with Crippen molar-refractivity contribution in [3.8, 4) is 11.5 Å². The van der Waals surface area contributed by atoms with Crippen molar-refractivity contribution in [2.24, 2.45) is 11.8 Å². The molecule has 2 aliphatic heterocycles. The summed E-state index contributed by atoms with van der Waals surface area (Å²) < 4.78 is 11.7. The maximum Gasteiger partial charge on any atom is 0.306 e. The molecule has 1 aromatic carbocycles. The Morgan fingerprint density at radius 3 is 2.38 bits per heavy atom. The zero-order valence-electron chi connectivity index (χ0n) is 17.0. The predicted molar refractivity (Wildman–Crippen MR) is 106 cm³/mol. The van der Waals surface area contributed by atoms with Gasteiger partial charge in [0, 0.05) is 17.9 Å². The summed E-state index contributed by atoms with van der Waals surface area (Å²) in [4.78, 5) is 26.9. The summed E-state index contributed by atoms with van der Waals surface area (Å²) in [5, 5.41) is 9.33. The van der Waals surface area contributed by atoms with Crippen molar-refractivity contribution in [3.63, 3.8) is 0 Å². The molecule has 0 aromatic heterocycles. The number of carbonyl (C=O) groups is 2. The lowest BCUT2D eigenvalue weighted by atomic mass is 9.71.